The van der Waals surface area contributed by atoms with E-state index in [-0.39, 0.29) is 18.1 Å². The van der Waals surface area contributed by atoms with Crippen LogP contribution in [0.15, 0.2) is 48.5 Å². The van der Waals surface area contributed by atoms with E-state index in [0.717, 1.165) is 12.8 Å². The van der Waals surface area contributed by atoms with Crippen LogP contribution in [-0.4, -0.2) is 35.6 Å². The van der Waals surface area contributed by atoms with E-state index < -0.39 is 24.1 Å². The van der Waals surface area contributed by atoms with Gasteiger partial charge in [-0.3, -0.25) is 4.79 Å². The van der Waals surface area contributed by atoms with E-state index in [1.807, 2.05) is 6.92 Å². The first-order valence-corrected chi connectivity index (χ1v) is 9.55. The molecule has 0 aliphatic rings. The zero-order valence-electron chi connectivity index (χ0n) is 16.5. The largest absolute Gasteiger partial charge is 0.513 e. The van der Waals surface area contributed by atoms with Gasteiger partial charge in [-0.2, -0.15) is 0 Å². The van der Waals surface area contributed by atoms with Crippen molar-refractivity contribution in [1.29, 1.82) is 0 Å². The lowest BCUT2D eigenvalue weighted by atomic mass is 9.89. The van der Waals surface area contributed by atoms with Crippen LogP contribution in [0.5, 0.6) is 11.5 Å². The van der Waals surface area contributed by atoms with E-state index in [0.29, 0.717) is 17.7 Å². The van der Waals surface area contributed by atoms with Gasteiger partial charge in [0.15, 0.2) is 11.5 Å². The van der Waals surface area contributed by atoms with Crippen LogP contribution in [0.25, 0.3) is 0 Å². The van der Waals surface area contributed by atoms with E-state index >= 15 is 0 Å². The van der Waals surface area contributed by atoms with Crippen molar-refractivity contribution in [3.05, 3.63) is 59.7 Å². The van der Waals surface area contributed by atoms with Gasteiger partial charge < -0.3 is 24.4 Å². The number of carbonyl (C=O) groups is 2. The third-order valence-corrected chi connectivity index (χ3v) is 4.26. The Labute approximate surface area is 169 Å². The van der Waals surface area contributed by atoms with Gasteiger partial charge in [0.05, 0.1) is 19.3 Å². The van der Waals surface area contributed by atoms with Gasteiger partial charge in [-0.1, -0.05) is 49.7 Å². The summed E-state index contributed by atoms with van der Waals surface area (Å²) in [4.78, 5) is 23.6. The molecule has 0 saturated heterocycles. The van der Waals surface area contributed by atoms with E-state index in [1.165, 1.54) is 18.2 Å². The zero-order valence-corrected chi connectivity index (χ0v) is 16.5. The monoisotopic (exact) mass is 402 g/mol. The van der Waals surface area contributed by atoms with Crippen LogP contribution in [0.1, 0.15) is 49.8 Å². The van der Waals surface area contributed by atoms with Crippen LogP contribution >= 0.6 is 0 Å². The second-order valence-corrected chi connectivity index (χ2v) is 6.36. The summed E-state index contributed by atoms with van der Waals surface area (Å²) in [5, 5.41) is 20.4. The summed E-state index contributed by atoms with van der Waals surface area (Å²) in [5.41, 5.74) is 0.807. The van der Waals surface area contributed by atoms with Crippen LogP contribution in [0.2, 0.25) is 0 Å². The fourth-order valence-electron chi connectivity index (χ4n) is 2.79. The number of aliphatic hydroxyl groups is 1. The molecule has 2 atom stereocenters. The fraction of sp³-hybridized carbons (Fsp3) is 0.364. The Morgan fingerprint density at radius 1 is 1.00 bits per heavy atom. The Kier molecular flexibility index (Phi) is 8.48. The van der Waals surface area contributed by atoms with Crippen molar-refractivity contribution in [2.24, 2.45) is 0 Å². The quantitative estimate of drug-likeness (QED) is 0.347. The molecule has 0 aliphatic heterocycles. The van der Waals surface area contributed by atoms with Gasteiger partial charge in [-0.05, 0) is 36.6 Å². The molecule has 0 fully saturated rings. The topological polar surface area (TPSA) is 102 Å². The second kappa shape index (κ2) is 11.1. The number of carboxylic acid groups (broad SMARTS) is 1. The summed E-state index contributed by atoms with van der Waals surface area (Å²) in [7, 11) is 0. The number of aliphatic hydroxyl groups excluding tert-OH is 1. The van der Waals surface area contributed by atoms with Crippen molar-refractivity contribution in [3.8, 4) is 11.5 Å². The fourth-order valence-corrected chi connectivity index (χ4v) is 2.79. The standard InChI is InChI=1S/C22H26O7/c1-3-5-13-28-22(26)29-17-12-11-16(14-18(17)27-4-2)20(23)19(21(24)25)15-9-7-6-8-10-15/h6-12,14,19-20,23H,3-5,13H2,1-2H3,(H,24,25). The van der Waals surface area contributed by atoms with E-state index in [4.69, 9.17) is 14.2 Å². The van der Waals surface area contributed by atoms with Crippen molar-refractivity contribution in [2.45, 2.75) is 38.7 Å². The number of benzene rings is 2. The van der Waals surface area contributed by atoms with Gasteiger partial charge in [0.1, 0.15) is 5.92 Å². The van der Waals surface area contributed by atoms with E-state index in [2.05, 4.69) is 0 Å². The SMILES string of the molecule is CCCCOC(=O)Oc1ccc(C(O)C(C(=O)O)c2ccccc2)cc1OCC. The average Bonchev–Trinajstić information content (AvgIpc) is 2.70. The highest BCUT2D eigenvalue weighted by Gasteiger charge is 2.30. The van der Waals surface area contributed by atoms with Gasteiger partial charge in [0.2, 0.25) is 0 Å². The summed E-state index contributed by atoms with van der Waals surface area (Å²) in [6, 6.07) is 12.9. The number of carboxylic acids is 1. The lowest BCUT2D eigenvalue weighted by Gasteiger charge is -2.21. The molecular formula is C22H26O7. The molecule has 7 heteroatoms. The number of unbranched alkanes of at least 4 members (excludes halogenated alkanes) is 1. The van der Waals surface area contributed by atoms with Crippen molar-refractivity contribution < 1.29 is 34.0 Å². The first kappa shape index (κ1) is 22.2. The van der Waals surface area contributed by atoms with E-state index in [9.17, 15) is 19.8 Å². The smallest absolute Gasteiger partial charge is 0.490 e. The molecule has 2 aromatic rings. The first-order chi connectivity index (χ1) is 14.0. The number of aliphatic carboxylic acids is 1. The number of carbonyl (C=O) groups excluding carboxylic acids is 1. The number of ether oxygens (including phenoxy) is 3. The number of hydrogen-bond donors (Lipinski definition) is 2. The van der Waals surface area contributed by atoms with Crippen LogP contribution < -0.4 is 9.47 Å². The highest BCUT2D eigenvalue weighted by Crippen LogP contribution is 2.36. The Morgan fingerprint density at radius 3 is 2.34 bits per heavy atom. The third kappa shape index (κ3) is 6.22. The molecule has 0 aliphatic carbocycles. The van der Waals surface area contributed by atoms with Crippen molar-refractivity contribution >= 4 is 12.1 Å². The highest BCUT2D eigenvalue weighted by molar-refractivity contribution is 5.77. The minimum Gasteiger partial charge on any atom is -0.490 e. The number of rotatable bonds is 10. The van der Waals surface area contributed by atoms with Crippen LogP contribution in [-0.2, 0) is 9.53 Å². The minimum atomic E-state index is -1.32. The summed E-state index contributed by atoms with van der Waals surface area (Å²) in [6.45, 7) is 4.29. The normalized spacial score (nSPS) is 12.7. The molecule has 0 bridgehead atoms. The van der Waals surface area contributed by atoms with Crippen molar-refractivity contribution in [2.75, 3.05) is 13.2 Å². The maximum Gasteiger partial charge on any atom is 0.513 e. The summed E-state index contributed by atoms with van der Waals surface area (Å²) >= 11 is 0. The van der Waals surface area contributed by atoms with Gasteiger partial charge in [-0.15, -0.1) is 0 Å². The number of hydrogen-bond acceptors (Lipinski definition) is 6. The summed E-state index contributed by atoms with van der Waals surface area (Å²) in [5.74, 6) is -1.96. The summed E-state index contributed by atoms with van der Waals surface area (Å²) < 4.78 is 15.7. The Morgan fingerprint density at radius 2 is 1.72 bits per heavy atom. The van der Waals surface area contributed by atoms with E-state index in [1.54, 1.807) is 37.3 Å². The molecule has 0 radical (unpaired) electrons. The Bertz CT molecular complexity index is 804. The molecule has 0 spiro atoms. The summed E-state index contributed by atoms with van der Waals surface area (Å²) in [6.07, 6.45) is -0.551. The maximum atomic E-state index is 11.8. The van der Waals surface area contributed by atoms with Gasteiger partial charge in [0.25, 0.3) is 0 Å². The predicted octanol–water partition coefficient (Wildman–Crippen LogP) is 4.30. The molecule has 29 heavy (non-hydrogen) atoms. The lowest BCUT2D eigenvalue weighted by Crippen LogP contribution is -2.20. The molecule has 0 amide bonds. The lowest BCUT2D eigenvalue weighted by molar-refractivity contribution is -0.141. The van der Waals surface area contributed by atoms with Crippen LogP contribution in [0.3, 0.4) is 0 Å². The molecular weight excluding hydrogens is 376 g/mol. The van der Waals surface area contributed by atoms with Gasteiger partial charge in [-0.25, -0.2) is 4.79 Å². The Hall–Kier alpha value is -3.06. The Balaban J connectivity index is 2.25. The first-order valence-electron chi connectivity index (χ1n) is 9.55. The second-order valence-electron chi connectivity index (χ2n) is 6.36. The average molecular weight is 402 g/mol. The molecule has 0 heterocycles. The molecule has 2 N–H and O–H groups in total. The maximum absolute atomic E-state index is 11.8. The molecule has 7 nitrogen and oxygen atoms in total. The van der Waals surface area contributed by atoms with Crippen LogP contribution in [0.4, 0.5) is 4.79 Å². The van der Waals surface area contributed by atoms with Crippen molar-refractivity contribution in [3.63, 3.8) is 0 Å². The molecule has 0 aromatic heterocycles. The predicted molar refractivity (Wildman–Crippen MR) is 106 cm³/mol. The molecule has 2 unspecified atom stereocenters. The zero-order chi connectivity index (χ0) is 21.2. The molecule has 156 valence electrons. The van der Waals surface area contributed by atoms with Crippen LogP contribution in [0, 0.1) is 0 Å². The third-order valence-electron chi connectivity index (χ3n) is 4.26. The highest BCUT2D eigenvalue weighted by atomic mass is 16.7. The minimum absolute atomic E-state index is 0.135. The molecule has 0 saturated carbocycles. The van der Waals surface area contributed by atoms with Gasteiger partial charge >= 0.3 is 12.1 Å². The molecule has 2 aromatic carbocycles. The molecule has 2 rings (SSSR count). The van der Waals surface area contributed by atoms with Gasteiger partial charge in [0, 0.05) is 0 Å². The van der Waals surface area contributed by atoms with Crippen molar-refractivity contribution in [1.82, 2.24) is 0 Å².